The SMILES string of the molecule is NC(=S)c1ccc(CNS(=O)(=O)C2CC2)cc1. The summed E-state index contributed by atoms with van der Waals surface area (Å²) >= 11 is 4.84. The molecule has 0 bridgehead atoms. The van der Waals surface area contributed by atoms with Crippen molar-refractivity contribution in [1.29, 1.82) is 0 Å². The van der Waals surface area contributed by atoms with Crippen LogP contribution in [0.5, 0.6) is 0 Å². The van der Waals surface area contributed by atoms with Gasteiger partial charge in [0.25, 0.3) is 0 Å². The molecule has 1 saturated carbocycles. The number of nitrogens with one attached hydrogen (secondary N) is 1. The van der Waals surface area contributed by atoms with Gasteiger partial charge in [0.2, 0.25) is 10.0 Å². The molecular weight excluding hydrogens is 256 g/mol. The maximum atomic E-state index is 11.6. The zero-order valence-electron chi connectivity index (χ0n) is 9.22. The molecule has 1 aromatic carbocycles. The van der Waals surface area contributed by atoms with Crippen LogP contribution in [0.1, 0.15) is 24.0 Å². The third-order valence-electron chi connectivity index (χ3n) is 2.68. The number of sulfonamides is 1. The molecule has 1 aliphatic carbocycles. The van der Waals surface area contributed by atoms with Crippen molar-refractivity contribution in [2.75, 3.05) is 0 Å². The first-order valence-corrected chi connectivity index (χ1v) is 7.32. The predicted molar refractivity (Wildman–Crippen MR) is 71.1 cm³/mol. The molecule has 0 unspecified atom stereocenters. The Kier molecular flexibility index (Phi) is 3.46. The van der Waals surface area contributed by atoms with E-state index in [0.717, 1.165) is 24.0 Å². The molecule has 0 radical (unpaired) electrons. The summed E-state index contributed by atoms with van der Waals surface area (Å²) in [6.45, 7) is 0.316. The predicted octanol–water partition coefficient (Wildman–Crippen LogP) is 0.903. The van der Waals surface area contributed by atoms with E-state index in [-0.39, 0.29) is 5.25 Å². The maximum Gasteiger partial charge on any atom is 0.214 e. The van der Waals surface area contributed by atoms with E-state index in [4.69, 9.17) is 18.0 Å². The van der Waals surface area contributed by atoms with Gasteiger partial charge < -0.3 is 5.73 Å². The number of rotatable bonds is 5. The zero-order valence-corrected chi connectivity index (χ0v) is 10.9. The van der Waals surface area contributed by atoms with Crippen molar-refractivity contribution >= 4 is 27.2 Å². The summed E-state index contributed by atoms with van der Waals surface area (Å²) < 4.78 is 25.8. The Hall–Kier alpha value is -0.980. The van der Waals surface area contributed by atoms with E-state index in [9.17, 15) is 8.42 Å². The number of hydrogen-bond donors (Lipinski definition) is 2. The van der Waals surface area contributed by atoms with Crippen LogP contribution < -0.4 is 10.5 Å². The fourth-order valence-corrected chi connectivity index (χ4v) is 2.96. The lowest BCUT2D eigenvalue weighted by atomic mass is 10.1. The molecule has 1 aromatic rings. The molecule has 0 saturated heterocycles. The Morgan fingerprint density at radius 1 is 1.35 bits per heavy atom. The molecule has 0 atom stereocenters. The topological polar surface area (TPSA) is 72.2 Å². The van der Waals surface area contributed by atoms with Crippen LogP contribution in [-0.4, -0.2) is 18.7 Å². The van der Waals surface area contributed by atoms with Crippen LogP contribution >= 0.6 is 12.2 Å². The average molecular weight is 270 g/mol. The highest BCUT2D eigenvalue weighted by molar-refractivity contribution is 7.90. The highest BCUT2D eigenvalue weighted by Gasteiger charge is 2.35. The van der Waals surface area contributed by atoms with E-state index in [1.807, 2.05) is 12.1 Å². The van der Waals surface area contributed by atoms with Gasteiger partial charge in [-0.05, 0) is 18.4 Å². The van der Waals surface area contributed by atoms with Gasteiger partial charge in [0, 0.05) is 12.1 Å². The molecule has 3 N–H and O–H groups in total. The van der Waals surface area contributed by atoms with Crippen molar-refractivity contribution < 1.29 is 8.42 Å². The lowest BCUT2D eigenvalue weighted by molar-refractivity contribution is 0.580. The van der Waals surface area contributed by atoms with Crippen LogP contribution in [0.2, 0.25) is 0 Å². The van der Waals surface area contributed by atoms with E-state index < -0.39 is 10.0 Å². The standard InChI is InChI=1S/C11H14N2O2S2/c12-11(16)9-3-1-8(2-4-9)7-13-17(14,15)10-5-6-10/h1-4,10,13H,5-7H2,(H2,12,16). The van der Waals surface area contributed by atoms with Gasteiger partial charge in [0.05, 0.1) is 5.25 Å². The van der Waals surface area contributed by atoms with Crippen LogP contribution in [0.3, 0.4) is 0 Å². The van der Waals surface area contributed by atoms with Gasteiger partial charge in [-0.3, -0.25) is 0 Å². The summed E-state index contributed by atoms with van der Waals surface area (Å²) in [5.74, 6) is 0. The summed E-state index contributed by atoms with van der Waals surface area (Å²) in [6, 6.07) is 7.24. The fraction of sp³-hybridized carbons (Fsp3) is 0.364. The molecule has 1 aliphatic rings. The second-order valence-corrected chi connectivity index (χ2v) is 6.61. The first kappa shape index (κ1) is 12.5. The van der Waals surface area contributed by atoms with Gasteiger partial charge in [0.1, 0.15) is 4.99 Å². The number of nitrogens with two attached hydrogens (primary N) is 1. The van der Waals surface area contributed by atoms with Gasteiger partial charge in [-0.25, -0.2) is 13.1 Å². The third-order valence-corrected chi connectivity index (χ3v) is 4.81. The van der Waals surface area contributed by atoms with Crippen LogP contribution in [0.4, 0.5) is 0 Å². The van der Waals surface area contributed by atoms with Crippen molar-refractivity contribution in [3.05, 3.63) is 35.4 Å². The lowest BCUT2D eigenvalue weighted by Crippen LogP contribution is -2.26. The number of benzene rings is 1. The third kappa shape index (κ3) is 3.24. The summed E-state index contributed by atoms with van der Waals surface area (Å²) in [5, 5.41) is -0.182. The van der Waals surface area contributed by atoms with Crippen LogP contribution in [0.15, 0.2) is 24.3 Å². The minimum Gasteiger partial charge on any atom is -0.389 e. The Morgan fingerprint density at radius 3 is 2.41 bits per heavy atom. The first-order chi connectivity index (χ1) is 7.99. The van der Waals surface area contributed by atoms with E-state index in [0.29, 0.717) is 11.5 Å². The second kappa shape index (κ2) is 4.72. The van der Waals surface area contributed by atoms with E-state index >= 15 is 0 Å². The van der Waals surface area contributed by atoms with Gasteiger partial charge in [-0.1, -0.05) is 36.5 Å². The van der Waals surface area contributed by atoms with Gasteiger partial charge in [-0.2, -0.15) is 0 Å². The van der Waals surface area contributed by atoms with Crippen molar-refractivity contribution in [1.82, 2.24) is 4.72 Å². The molecule has 6 heteroatoms. The van der Waals surface area contributed by atoms with Gasteiger partial charge in [-0.15, -0.1) is 0 Å². The maximum absolute atomic E-state index is 11.6. The molecular formula is C11H14N2O2S2. The van der Waals surface area contributed by atoms with Crippen molar-refractivity contribution in [2.24, 2.45) is 5.73 Å². The Labute approximate surface area is 106 Å². The minimum atomic E-state index is -3.11. The molecule has 0 aliphatic heterocycles. The summed E-state index contributed by atoms with van der Waals surface area (Å²) in [4.78, 5) is 0.343. The molecule has 0 spiro atoms. The van der Waals surface area contributed by atoms with E-state index in [1.54, 1.807) is 12.1 Å². The lowest BCUT2D eigenvalue weighted by Gasteiger charge is -2.06. The first-order valence-electron chi connectivity index (χ1n) is 5.36. The summed E-state index contributed by atoms with van der Waals surface area (Å²) in [7, 11) is -3.11. The molecule has 0 amide bonds. The van der Waals surface area contributed by atoms with Crippen LogP contribution in [0, 0.1) is 0 Å². The molecule has 2 rings (SSSR count). The van der Waals surface area contributed by atoms with Crippen molar-refractivity contribution in [3.63, 3.8) is 0 Å². The van der Waals surface area contributed by atoms with Crippen molar-refractivity contribution in [2.45, 2.75) is 24.6 Å². The molecule has 0 heterocycles. The Balaban J connectivity index is 1.97. The summed E-state index contributed by atoms with van der Waals surface area (Å²) in [5.41, 5.74) is 7.16. The molecule has 92 valence electrons. The Bertz CT molecular complexity index is 519. The fourth-order valence-electron chi connectivity index (χ4n) is 1.47. The monoisotopic (exact) mass is 270 g/mol. The second-order valence-electron chi connectivity index (χ2n) is 4.13. The number of hydrogen-bond acceptors (Lipinski definition) is 3. The van der Waals surface area contributed by atoms with Crippen molar-refractivity contribution in [3.8, 4) is 0 Å². The minimum absolute atomic E-state index is 0.182. The van der Waals surface area contributed by atoms with E-state index in [1.165, 1.54) is 0 Å². The Morgan fingerprint density at radius 2 is 1.94 bits per heavy atom. The van der Waals surface area contributed by atoms with Crippen LogP contribution in [-0.2, 0) is 16.6 Å². The van der Waals surface area contributed by atoms with Gasteiger partial charge in [0.15, 0.2) is 0 Å². The van der Waals surface area contributed by atoms with Crippen LogP contribution in [0.25, 0.3) is 0 Å². The average Bonchev–Trinajstić information content (AvgIpc) is 3.11. The van der Waals surface area contributed by atoms with Gasteiger partial charge >= 0.3 is 0 Å². The van der Waals surface area contributed by atoms with E-state index in [2.05, 4.69) is 4.72 Å². The number of thiocarbonyl (C=S) groups is 1. The summed E-state index contributed by atoms with van der Waals surface area (Å²) in [6.07, 6.45) is 1.55. The molecule has 1 fully saturated rings. The smallest absolute Gasteiger partial charge is 0.214 e. The zero-order chi connectivity index (χ0) is 12.5. The highest BCUT2D eigenvalue weighted by atomic mass is 32.2. The quantitative estimate of drug-likeness (QED) is 0.780. The molecule has 4 nitrogen and oxygen atoms in total. The molecule has 17 heavy (non-hydrogen) atoms. The molecule has 0 aromatic heterocycles. The highest BCUT2D eigenvalue weighted by Crippen LogP contribution is 2.27. The largest absolute Gasteiger partial charge is 0.389 e. The normalized spacial score (nSPS) is 15.8.